The first-order valence-electron chi connectivity index (χ1n) is 9.71. The van der Waals surface area contributed by atoms with Crippen molar-refractivity contribution >= 4 is 28.8 Å². The molecule has 1 aliphatic rings. The van der Waals surface area contributed by atoms with Crippen LogP contribution in [0, 0.1) is 10.8 Å². The van der Waals surface area contributed by atoms with E-state index < -0.39 is 11.5 Å². The van der Waals surface area contributed by atoms with Crippen molar-refractivity contribution in [2.45, 2.75) is 60.5 Å². The molecule has 0 radical (unpaired) electrons. The van der Waals surface area contributed by atoms with Gasteiger partial charge in [0.05, 0.1) is 6.04 Å². The van der Waals surface area contributed by atoms with Crippen molar-refractivity contribution in [3.63, 3.8) is 0 Å². The molecule has 0 aromatic heterocycles. The molecule has 1 saturated heterocycles. The zero-order valence-electron chi connectivity index (χ0n) is 18.4. The van der Waals surface area contributed by atoms with Crippen molar-refractivity contribution < 1.29 is 19.5 Å². The highest BCUT2D eigenvalue weighted by molar-refractivity contribution is 6.64. The molecule has 2 amide bonds. The topological polar surface area (TPSA) is 77.9 Å². The Bertz CT molecular complexity index is 723. The number of carbonyl (C=O) groups excluding carboxylic acids is 2. The van der Waals surface area contributed by atoms with Crippen LogP contribution in [0.15, 0.2) is 30.3 Å². The van der Waals surface area contributed by atoms with Crippen LogP contribution >= 0.6 is 11.6 Å². The van der Waals surface area contributed by atoms with E-state index in [1.54, 1.807) is 20.8 Å². The first-order valence-corrected chi connectivity index (χ1v) is 10.1. The number of rotatable bonds is 1. The fourth-order valence-electron chi connectivity index (χ4n) is 2.86. The number of amides is 2. The molecular formula is C22H33ClN2O4. The summed E-state index contributed by atoms with van der Waals surface area (Å²) in [4.78, 5) is 37.7. The average Bonchev–Trinajstić information content (AvgIpc) is 2.60. The van der Waals surface area contributed by atoms with Crippen molar-refractivity contribution in [2.24, 2.45) is 10.8 Å². The predicted octanol–water partition coefficient (Wildman–Crippen LogP) is 4.78. The Morgan fingerprint density at radius 2 is 1.41 bits per heavy atom. The van der Waals surface area contributed by atoms with Gasteiger partial charge in [-0.25, -0.2) is 4.79 Å². The smallest absolute Gasteiger partial charge is 0.407 e. The van der Waals surface area contributed by atoms with Gasteiger partial charge in [-0.15, -0.1) is 0 Å². The zero-order chi connectivity index (χ0) is 22.6. The van der Waals surface area contributed by atoms with Crippen LogP contribution in [0.1, 0.15) is 60.1 Å². The summed E-state index contributed by atoms with van der Waals surface area (Å²) in [6, 6.07) is 9.07. The molecule has 0 aliphatic carbocycles. The lowest BCUT2D eigenvalue weighted by atomic mass is 9.91. The van der Waals surface area contributed by atoms with E-state index >= 15 is 0 Å². The van der Waals surface area contributed by atoms with Crippen LogP contribution in [0.4, 0.5) is 4.79 Å². The molecule has 0 unspecified atom stereocenters. The summed E-state index contributed by atoms with van der Waals surface area (Å²) in [5.74, 6) is 0.0611. The highest BCUT2D eigenvalue weighted by atomic mass is 35.5. The largest absolute Gasteiger partial charge is 0.465 e. The number of carboxylic acid groups (broad SMARTS) is 1. The van der Waals surface area contributed by atoms with Crippen LogP contribution in [-0.4, -0.2) is 51.3 Å². The second-order valence-electron chi connectivity index (χ2n) is 9.44. The minimum absolute atomic E-state index is 0.0611. The Morgan fingerprint density at radius 3 is 1.79 bits per heavy atom. The van der Waals surface area contributed by atoms with Crippen LogP contribution in [0.25, 0.3) is 0 Å². The number of hydrogen-bond acceptors (Lipinski definition) is 3. The number of halogens is 1. The maximum atomic E-state index is 12.6. The molecule has 2 atom stereocenters. The monoisotopic (exact) mass is 424 g/mol. The predicted molar refractivity (Wildman–Crippen MR) is 115 cm³/mol. The maximum Gasteiger partial charge on any atom is 0.407 e. The lowest BCUT2D eigenvalue weighted by Crippen LogP contribution is -2.58. The maximum absolute atomic E-state index is 12.6. The second kappa shape index (κ2) is 9.61. The number of nitrogens with zero attached hydrogens (tertiary/aromatic N) is 2. The molecule has 29 heavy (non-hydrogen) atoms. The summed E-state index contributed by atoms with van der Waals surface area (Å²) in [7, 11) is 0. The molecule has 1 N–H and O–H groups in total. The Kier molecular flexibility index (Phi) is 8.27. The third kappa shape index (κ3) is 7.03. The molecule has 2 rings (SSSR count). The fourth-order valence-corrected chi connectivity index (χ4v) is 2.86. The van der Waals surface area contributed by atoms with E-state index in [9.17, 15) is 19.5 Å². The van der Waals surface area contributed by atoms with Gasteiger partial charge in [-0.3, -0.25) is 14.5 Å². The first-order chi connectivity index (χ1) is 13.2. The molecule has 6 nitrogen and oxygen atoms in total. The summed E-state index contributed by atoms with van der Waals surface area (Å²) >= 11 is 5.11. The minimum Gasteiger partial charge on any atom is -0.465 e. The molecule has 1 aromatic rings. The van der Waals surface area contributed by atoms with E-state index in [4.69, 9.17) is 11.6 Å². The number of hydrogen-bond donors (Lipinski definition) is 1. The van der Waals surface area contributed by atoms with Gasteiger partial charge in [0.15, 0.2) is 0 Å². The molecule has 162 valence electrons. The van der Waals surface area contributed by atoms with Gasteiger partial charge in [-0.2, -0.15) is 0 Å². The van der Waals surface area contributed by atoms with Crippen molar-refractivity contribution in [3.05, 3.63) is 35.9 Å². The van der Waals surface area contributed by atoms with Gasteiger partial charge in [-0.1, -0.05) is 71.9 Å². The SMILES string of the molecule is CC(C)(C)C(=O)Cl.C[C@@H]1CN(C(=O)O)[C@@H](c2ccccc2)CN1C(=O)C(C)(C)C. The van der Waals surface area contributed by atoms with Gasteiger partial charge in [0.25, 0.3) is 0 Å². The van der Waals surface area contributed by atoms with Crippen molar-refractivity contribution in [2.75, 3.05) is 13.1 Å². The number of benzene rings is 1. The third-order valence-corrected chi connectivity index (χ3v) is 5.23. The zero-order valence-corrected chi connectivity index (χ0v) is 19.2. The summed E-state index contributed by atoms with van der Waals surface area (Å²) < 4.78 is 0. The molecule has 1 heterocycles. The van der Waals surface area contributed by atoms with Gasteiger partial charge in [0.2, 0.25) is 11.1 Å². The number of piperazine rings is 1. The minimum atomic E-state index is -0.941. The summed E-state index contributed by atoms with van der Waals surface area (Å²) in [6.45, 7) is 13.6. The molecule has 1 aromatic carbocycles. The van der Waals surface area contributed by atoms with Crippen molar-refractivity contribution in [1.29, 1.82) is 0 Å². The van der Waals surface area contributed by atoms with E-state index in [0.29, 0.717) is 13.1 Å². The highest BCUT2D eigenvalue weighted by Crippen LogP contribution is 2.31. The molecule has 0 saturated carbocycles. The van der Waals surface area contributed by atoms with Gasteiger partial charge in [-0.05, 0) is 24.1 Å². The van der Waals surface area contributed by atoms with Crippen LogP contribution in [0.3, 0.4) is 0 Å². The molecule has 1 aliphatic heterocycles. The molecule has 1 fully saturated rings. The van der Waals surface area contributed by atoms with Crippen LogP contribution in [0.2, 0.25) is 0 Å². The van der Waals surface area contributed by atoms with Gasteiger partial charge < -0.3 is 10.0 Å². The Morgan fingerprint density at radius 1 is 0.931 bits per heavy atom. The summed E-state index contributed by atoms with van der Waals surface area (Å²) in [5.41, 5.74) is 0.0751. The standard InChI is InChI=1S/C17H24N2O3.C5H9ClO/c1-12-10-19(16(21)22)14(13-8-6-5-7-9-13)11-18(12)15(20)17(2,3)4;1-5(2,3)4(6)7/h5-9,12,14H,10-11H2,1-4H3,(H,21,22);1-3H3/t12-,14-;/m1./s1. The Balaban J connectivity index is 0.000000516. The molecule has 7 heteroatoms. The molecule has 0 spiro atoms. The van der Waals surface area contributed by atoms with Crippen LogP contribution in [-0.2, 0) is 9.59 Å². The fraction of sp³-hybridized carbons (Fsp3) is 0.591. The Hall–Kier alpha value is -2.08. The second-order valence-corrected chi connectivity index (χ2v) is 9.78. The van der Waals surface area contributed by atoms with E-state index in [2.05, 4.69) is 0 Å². The van der Waals surface area contributed by atoms with Crippen molar-refractivity contribution in [1.82, 2.24) is 9.80 Å². The summed E-state index contributed by atoms with van der Waals surface area (Å²) in [5, 5.41) is 9.21. The molecule has 0 bridgehead atoms. The normalized spacial score (nSPS) is 19.9. The van der Waals surface area contributed by atoms with Crippen LogP contribution in [0.5, 0.6) is 0 Å². The average molecular weight is 425 g/mol. The van der Waals surface area contributed by atoms with Crippen LogP contribution < -0.4 is 0 Å². The number of carbonyl (C=O) groups is 3. The lowest BCUT2D eigenvalue weighted by Gasteiger charge is -2.46. The van der Waals surface area contributed by atoms with Gasteiger partial charge in [0.1, 0.15) is 0 Å². The highest BCUT2D eigenvalue weighted by Gasteiger charge is 2.40. The van der Waals surface area contributed by atoms with Gasteiger partial charge >= 0.3 is 6.09 Å². The quantitative estimate of drug-likeness (QED) is 0.658. The summed E-state index contributed by atoms with van der Waals surface area (Å²) in [6.07, 6.45) is -0.941. The Labute approximate surface area is 178 Å². The van der Waals surface area contributed by atoms with E-state index in [0.717, 1.165) is 5.56 Å². The van der Waals surface area contributed by atoms with Gasteiger partial charge in [0, 0.05) is 30.0 Å². The first kappa shape index (κ1) is 25.0. The van der Waals surface area contributed by atoms with E-state index in [-0.39, 0.29) is 28.6 Å². The van der Waals surface area contributed by atoms with E-state index in [1.165, 1.54) is 4.90 Å². The third-order valence-electron chi connectivity index (χ3n) is 4.66. The lowest BCUT2D eigenvalue weighted by molar-refractivity contribution is -0.145. The van der Waals surface area contributed by atoms with E-state index in [1.807, 2.05) is 62.9 Å². The molecular weight excluding hydrogens is 392 g/mol. The van der Waals surface area contributed by atoms with Crippen molar-refractivity contribution in [3.8, 4) is 0 Å².